The monoisotopic (exact) mass is 368 g/mol. The Bertz CT molecular complexity index is 710. The Hall–Kier alpha value is -2.37. The maximum Gasteiger partial charge on any atom is 0.256 e. The molecule has 0 spiro atoms. The highest BCUT2D eigenvalue weighted by atomic mass is 16.5. The molecule has 5 nitrogen and oxygen atoms in total. The molecule has 1 amide bonds. The molecule has 2 aromatic carbocycles. The number of carbonyl (C=O) groups excluding carboxylic acids is 1. The zero-order valence-electron chi connectivity index (χ0n) is 16.1. The van der Waals surface area contributed by atoms with Gasteiger partial charge in [0.05, 0.1) is 7.11 Å². The second-order valence-corrected chi connectivity index (χ2v) is 6.79. The predicted molar refractivity (Wildman–Crippen MR) is 106 cm³/mol. The van der Waals surface area contributed by atoms with E-state index >= 15 is 0 Å². The molecule has 0 radical (unpaired) electrons. The first-order valence-electron chi connectivity index (χ1n) is 9.43. The van der Waals surface area contributed by atoms with Gasteiger partial charge in [0.25, 0.3) is 5.91 Å². The number of rotatable bonds is 7. The fourth-order valence-electron chi connectivity index (χ4n) is 3.44. The second-order valence-electron chi connectivity index (χ2n) is 6.79. The van der Waals surface area contributed by atoms with Crippen LogP contribution in [0.1, 0.15) is 17.2 Å². The maximum absolute atomic E-state index is 12.8. The van der Waals surface area contributed by atoms with Gasteiger partial charge in [-0.1, -0.05) is 42.5 Å². The summed E-state index contributed by atoms with van der Waals surface area (Å²) in [5.41, 5.74) is 2.21. The number of amides is 1. The Balaban J connectivity index is 1.48. The molecular formula is C22H28N2O3. The van der Waals surface area contributed by atoms with Gasteiger partial charge in [0.1, 0.15) is 5.75 Å². The van der Waals surface area contributed by atoms with Crippen LogP contribution in [0.4, 0.5) is 0 Å². The van der Waals surface area contributed by atoms with Crippen LogP contribution in [0.5, 0.6) is 5.75 Å². The number of hydrogen-bond donors (Lipinski definition) is 0. The summed E-state index contributed by atoms with van der Waals surface area (Å²) in [7, 11) is 3.28. The molecule has 1 saturated heterocycles. The lowest BCUT2D eigenvalue weighted by atomic mass is 10.1. The zero-order valence-corrected chi connectivity index (χ0v) is 16.1. The topological polar surface area (TPSA) is 42.0 Å². The zero-order chi connectivity index (χ0) is 19.1. The number of ether oxygens (including phenoxy) is 2. The van der Waals surface area contributed by atoms with Crippen molar-refractivity contribution >= 4 is 5.91 Å². The first kappa shape index (κ1) is 19.4. The van der Waals surface area contributed by atoms with Crippen molar-refractivity contribution < 1.29 is 14.3 Å². The third-order valence-corrected chi connectivity index (χ3v) is 5.12. The number of carbonyl (C=O) groups is 1. The largest absolute Gasteiger partial charge is 0.497 e. The van der Waals surface area contributed by atoms with Crippen LogP contribution in [0, 0.1) is 0 Å². The van der Waals surface area contributed by atoms with Gasteiger partial charge in [-0.15, -0.1) is 0 Å². The first-order valence-corrected chi connectivity index (χ1v) is 9.43. The Labute approximate surface area is 161 Å². The number of benzene rings is 2. The van der Waals surface area contributed by atoms with Crippen LogP contribution >= 0.6 is 0 Å². The van der Waals surface area contributed by atoms with Gasteiger partial charge in [-0.3, -0.25) is 9.69 Å². The second kappa shape index (κ2) is 9.53. The van der Waals surface area contributed by atoms with Gasteiger partial charge >= 0.3 is 0 Å². The molecule has 2 aromatic rings. The summed E-state index contributed by atoms with van der Waals surface area (Å²) < 4.78 is 10.7. The molecule has 1 fully saturated rings. The molecule has 5 heteroatoms. The van der Waals surface area contributed by atoms with Crippen molar-refractivity contribution in [2.75, 3.05) is 46.9 Å². The molecule has 0 bridgehead atoms. The molecule has 144 valence electrons. The number of hydrogen-bond acceptors (Lipinski definition) is 4. The summed E-state index contributed by atoms with van der Waals surface area (Å²) in [6, 6.07) is 17.9. The quantitative estimate of drug-likeness (QED) is 0.754. The van der Waals surface area contributed by atoms with Crippen LogP contribution in [0.3, 0.4) is 0 Å². The van der Waals surface area contributed by atoms with Crippen molar-refractivity contribution in [1.29, 1.82) is 0 Å². The van der Waals surface area contributed by atoms with Gasteiger partial charge in [-0.05, 0) is 29.7 Å². The van der Waals surface area contributed by atoms with E-state index < -0.39 is 6.10 Å². The minimum atomic E-state index is -0.517. The van der Waals surface area contributed by atoms with Gasteiger partial charge in [0.2, 0.25) is 0 Å². The molecule has 0 aromatic heterocycles. The summed E-state index contributed by atoms with van der Waals surface area (Å²) in [4.78, 5) is 17.2. The average molecular weight is 368 g/mol. The number of nitrogens with zero attached hydrogens (tertiary/aromatic N) is 2. The number of methoxy groups -OCH3 is 2. The van der Waals surface area contributed by atoms with E-state index in [1.54, 1.807) is 14.2 Å². The molecule has 1 aliphatic heterocycles. The molecule has 3 rings (SSSR count). The lowest BCUT2D eigenvalue weighted by Gasteiger charge is -2.36. The molecular weight excluding hydrogens is 340 g/mol. The van der Waals surface area contributed by atoms with E-state index in [2.05, 4.69) is 17.0 Å². The van der Waals surface area contributed by atoms with Crippen LogP contribution in [0.2, 0.25) is 0 Å². The van der Waals surface area contributed by atoms with Crippen LogP contribution in [-0.2, 0) is 16.0 Å². The van der Waals surface area contributed by atoms with Crippen LogP contribution < -0.4 is 4.74 Å². The molecule has 1 aliphatic rings. The van der Waals surface area contributed by atoms with E-state index in [1.807, 2.05) is 47.4 Å². The first-order chi connectivity index (χ1) is 13.2. The van der Waals surface area contributed by atoms with Gasteiger partial charge < -0.3 is 14.4 Å². The Morgan fingerprint density at radius 1 is 0.963 bits per heavy atom. The lowest BCUT2D eigenvalue weighted by Crippen LogP contribution is -2.50. The molecule has 1 heterocycles. The van der Waals surface area contributed by atoms with E-state index in [-0.39, 0.29) is 5.91 Å². The minimum absolute atomic E-state index is 0.0542. The van der Waals surface area contributed by atoms with Crippen molar-refractivity contribution in [3.63, 3.8) is 0 Å². The van der Waals surface area contributed by atoms with Gasteiger partial charge in [0, 0.05) is 39.8 Å². The minimum Gasteiger partial charge on any atom is -0.497 e. The highest BCUT2D eigenvalue weighted by molar-refractivity contribution is 5.82. The van der Waals surface area contributed by atoms with Crippen molar-refractivity contribution in [3.05, 3.63) is 65.7 Å². The van der Waals surface area contributed by atoms with Gasteiger partial charge in [-0.25, -0.2) is 0 Å². The Kier molecular flexibility index (Phi) is 6.85. The average Bonchev–Trinajstić information content (AvgIpc) is 2.74. The molecule has 1 unspecified atom stereocenters. The van der Waals surface area contributed by atoms with Crippen molar-refractivity contribution in [1.82, 2.24) is 9.80 Å². The highest BCUT2D eigenvalue weighted by Gasteiger charge is 2.28. The van der Waals surface area contributed by atoms with Gasteiger partial charge in [0.15, 0.2) is 6.10 Å². The van der Waals surface area contributed by atoms with Crippen molar-refractivity contribution in [3.8, 4) is 5.75 Å². The molecule has 0 N–H and O–H groups in total. The summed E-state index contributed by atoms with van der Waals surface area (Å²) >= 11 is 0. The third-order valence-electron chi connectivity index (χ3n) is 5.12. The highest BCUT2D eigenvalue weighted by Crippen LogP contribution is 2.20. The van der Waals surface area contributed by atoms with Crippen molar-refractivity contribution in [2.24, 2.45) is 0 Å². The van der Waals surface area contributed by atoms with Crippen LogP contribution in [0.15, 0.2) is 54.6 Å². The molecule has 0 saturated carbocycles. The maximum atomic E-state index is 12.8. The lowest BCUT2D eigenvalue weighted by molar-refractivity contribution is -0.144. The van der Waals surface area contributed by atoms with Crippen molar-refractivity contribution in [2.45, 2.75) is 12.5 Å². The molecule has 1 atom stereocenters. The Morgan fingerprint density at radius 3 is 2.22 bits per heavy atom. The standard InChI is InChI=1S/C22H28N2O3/c1-26-20-10-8-18(9-11-20)12-13-23-14-16-24(17-15-23)22(25)21(27-2)19-6-4-3-5-7-19/h3-11,21H,12-17H2,1-2H3. The normalized spacial score (nSPS) is 16.1. The fourth-order valence-corrected chi connectivity index (χ4v) is 3.44. The van der Waals surface area contributed by atoms with E-state index in [0.29, 0.717) is 0 Å². The summed E-state index contributed by atoms with van der Waals surface area (Å²) in [6.45, 7) is 4.28. The van der Waals surface area contributed by atoms with Crippen LogP contribution in [-0.4, -0.2) is 62.7 Å². The summed E-state index contributed by atoms with van der Waals surface area (Å²) in [5.74, 6) is 0.940. The van der Waals surface area contributed by atoms with Crippen LogP contribution in [0.25, 0.3) is 0 Å². The molecule has 27 heavy (non-hydrogen) atoms. The van der Waals surface area contributed by atoms with E-state index in [1.165, 1.54) is 5.56 Å². The van der Waals surface area contributed by atoms with Gasteiger partial charge in [-0.2, -0.15) is 0 Å². The summed E-state index contributed by atoms with van der Waals surface area (Å²) in [5, 5.41) is 0. The third kappa shape index (κ3) is 5.08. The predicted octanol–water partition coefficient (Wildman–Crippen LogP) is 2.77. The summed E-state index contributed by atoms with van der Waals surface area (Å²) in [6.07, 6.45) is 0.486. The Morgan fingerprint density at radius 2 is 1.63 bits per heavy atom. The van der Waals surface area contributed by atoms with E-state index in [4.69, 9.17) is 9.47 Å². The van der Waals surface area contributed by atoms with E-state index in [9.17, 15) is 4.79 Å². The van der Waals surface area contributed by atoms with E-state index in [0.717, 1.165) is 50.5 Å². The number of piperazine rings is 1. The SMILES string of the molecule is COc1ccc(CCN2CCN(C(=O)C(OC)c3ccccc3)CC2)cc1. The molecule has 0 aliphatic carbocycles. The smallest absolute Gasteiger partial charge is 0.256 e. The fraction of sp³-hybridized carbons (Fsp3) is 0.409.